The quantitative estimate of drug-likeness (QED) is 0.492. The fourth-order valence-corrected chi connectivity index (χ4v) is 3.49. The van der Waals surface area contributed by atoms with Gasteiger partial charge in [-0.2, -0.15) is 0 Å². The third kappa shape index (κ3) is 4.43. The molecule has 1 aromatic heterocycles. The van der Waals surface area contributed by atoms with E-state index in [4.69, 9.17) is 10.2 Å². The predicted octanol–water partition coefficient (Wildman–Crippen LogP) is 4.32. The van der Waals surface area contributed by atoms with Gasteiger partial charge in [0, 0.05) is 24.2 Å². The molecule has 0 aliphatic carbocycles. The maximum Gasteiger partial charge on any atom is 0.255 e. The first-order valence-electron chi connectivity index (χ1n) is 9.88. The number of piperidine rings is 1. The van der Waals surface area contributed by atoms with Crippen molar-refractivity contribution in [2.75, 3.05) is 17.6 Å². The molecule has 2 heterocycles. The van der Waals surface area contributed by atoms with Crippen LogP contribution in [0, 0.1) is 0 Å². The lowest BCUT2D eigenvalue weighted by Gasteiger charge is -2.28. The van der Waals surface area contributed by atoms with E-state index in [9.17, 15) is 9.59 Å². The Kier molecular flexibility index (Phi) is 5.66. The topological polar surface area (TPSA) is 88.6 Å². The number of nitrogens with zero attached hydrogens (tertiary/aromatic N) is 1. The summed E-state index contributed by atoms with van der Waals surface area (Å²) in [5.74, 6) is 0.491. The van der Waals surface area contributed by atoms with Gasteiger partial charge >= 0.3 is 0 Å². The normalized spacial score (nSPS) is 15.4. The van der Waals surface area contributed by atoms with E-state index in [2.05, 4.69) is 5.32 Å². The van der Waals surface area contributed by atoms with Gasteiger partial charge < -0.3 is 20.4 Å². The fourth-order valence-electron chi connectivity index (χ4n) is 3.49. The van der Waals surface area contributed by atoms with Crippen LogP contribution in [0.2, 0.25) is 0 Å². The summed E-state index contributed by atoms with van der Waals surface area (Å²) in [5, 5.41) is 2.82. The first kappa shape index (κ1) is 19.5. The van der Waals surface area contributed by atoms with Gasteiger partial charge in [0.25, 0.3) is 5.91 Å². The van der Waals surface area contributed by atoms with Gasteiger partial charge in [-0.1, -0.05) is 24.3 Å². The van der Waals surface area contributed by atoms with Gasteiger partial charge in [-0.15, -0.1) is 0 Å². The number of nitrogens with one attached hydrogen (secondary N) is 1. The van der Waals surface area contributed by atoms with Crippen LogP contribution in [-0.2, 0) is 11.3 Å². The van der Waals surface area contributed by atoms with Crippen molar-refractivity contribution in [3.8, 4) is 0 Å². The minimum absolute atomic E-state index is 0.0269. The second kappa shape index (κ2) is 8.69. The standard InChI is InChI=1S/C24H23N3O3/c25-21-7-1-2-8-22(21)26-23(28)18-11-9-17(10-12-18)16-27-13-3-5-19(24(27)29)15-20-6-4-14-30-20/h1-2,4,6-12,14-15H,3,5,13,16,25H2,(H,26,28)/b19-15+. The number of hydrogen-bond donors (Lipinski definition) is 2. The van der Waals surface area contributed by atoms with E-state index < -0.39 is 0 Å². The van der Waals surface area contributed by atoms with E-state index in [-0.39, 0.29) is 11.8 Å². The molecule has 1 saturated heterocycles. The Morgan fingerprint density at radius 1 is 1.10 bits per heavy atom. The van der Waals surface area contributed by atoms with Crippen LogP contribution in [0.3, 0.4) is 0 Å². The highest BCUT2D eigenvalue weighted by molar-refractivity contribution is 6.05. The van der Waals surface area contributed by atoms with Crippen LogP contribution in [0.4, 0.5) is 11.4 Å². The van der Waals surface area contributed by atoms with E-state index in [0.29, 0.717) is 35.8 Å². The minimum Gasteiger partial charge on any atom is -0.465 e. The smallest absolute Gasteiger partial charge is 0.255 e. The molecule has 0 atom stereocenters. The Morgan fingerprint density at radius 2 is 1.90 bits per heavy atom. The molecule has 0 unspecified atom stereocenters. The highest BCUT2D eigenvalue weighted by atomic mass is 16.3. The summed E-state index contributed by atoms with van der Waals surface area (Å²) in [6, 6.07) is 18.1. The monoisotopic (exact) mass is 401 g/mol. The van der Waals surface area contributed by atoms with Crippen molar-refractivity contribution in [2.24, 2.45) is 0 Å². The molecule has 2 aromatic carbocycles. The molecule has 1 fully saturated rings. The lowest BCUT2D eigenvalue weighted by atomic mass is 10.0. The van der Waals surface area contributed by atoms with E-state index in [1.54, 1.807) is 36.6 Å². The fraction of sp³-hybridized carbons (Fsp3) is 0.167. The number of carbonyl (C=O) groups is 2. The summed E-state index contributed by atoms with van der Waals surface area (Å²) in [7, 11) is 0. The van der Waals surface area contributed by atoms with Gasteiger partial charge in [0.1, 0.15) is 5.76 Å². The summed E-state index contributed by atoms with van der Waals surface area (Å²) in [5.41, 5.74) is 9.24. The SMILES string of the molecule is Nc1ccccc1NC(=O)c1ccc(CN2CCC/C(=C\c3ccco3)C2=O)cc1. The van der Waals surface area contributed by atoms with Crippen LogP contribution in [0.1, 0.15) is 34.5 Å². The van der Waals surface area contributed by atoms with Crippen molar-refractivity contribution in [1.82, 2.24) is 4.90 Å². The Morgan fingerprint density at radius 3 is 2.63 bits per heavy atom. The van der Waals surface area contributed by atoms with Gasteiger partial charge in [-0.05, 0) is 60.9 Å². The number of likely N-dealkylation sites (tertiary alicyclic amines) is 1. The lowest BCUT2D eigenvalue weighted by molar-refractivity contribution is -0.129. The van der Waals surface area contributed by atoms with Gasteiger partial charge in [0.2, 0.25) is 5.91 Å². The molecule has 3 N–H and O–H groups in total. The number of nitrogen functional groups attached to an aromatic ring is 1. The predicted molar refractivity (Wildman–Crippen MR) is 117 cm³/mol. The van der Waals surface area contributed by atoms with Crippen molar-refractivity contribution < 1.29 is 14.0 Å². The van der Waals surface area contributed by atoms with E-state index >= 15 is 0 Å². The number of para-hydroxylation sites is 2. The summed E-state index contributed by atoms with van der Waals surface area (Å²) in [6.45, 7) is 1.21. The molecule has 3 aromatic rings. The van der Waals surface area contributed by atoms with Crippen LogP contribution in [0.5, 0.6) is 0 Å². The Balaban J connectivity index is 1.41. The van der Waals surface area contributed by atoms with Crippen LogP contribution in [0.25, 0.3) is 6.08 Å². The molecule has 6 heteroatoms. The van der Waals surface area contributed by atoms with Crippen molar-refractivity contribution in [2.45, 2.75) is 19.4 Å². The number of furan rings is 1. The van der Waals surface area contributed by atoms with Crippen LogP contribution in [0.15, 0.2) is 76.9 Å². The maximum atomic E-state index is 12.8. The van der Waals surface area contributed by atoms with E-state index in [1.165, 1.54) is 0 Å². The molecule has 0 bridgehead atoms. The zero-order chi connectivity index (χ0) is 20.9. The first-order chi connectivity index (χ1) is 14.6. The third-order valence-corrected chi connectivity index (χ3v) is 5.09. The Bertz CT molecular complexity index is 1070. The number of amides is 2. The number of hydrogen-bond acceptors (Lipinski definition) is 4. The minimum atomic E-state index is -0.225. The zero-order valence-electron chi connectivity index (χ0n) is 16.5. The summed E-state index contributed by atoms with van der Waals surface area (Å²) in [4.78, 5) is 27.1. The lowest BCUT2D eigenvalue weighted by Crippen LogP contribution is -2.36. The Hall–Kier alpha value is -3.80. The molecule has 1 aliphatic heterocycles. The number of nitrogens with two attached hydrogens (primary N) is 1. The average Bonchev–Trinajstić information content (AvgIpc) is 3.26. The molecule has 6 nitrogen and oxygen atoms in total. The highest BCUT2D eigenvalue weighted by Crippen LogP contribution is 2.23. The molecule has 2 amide bonds. The molecule has 0 radical (unpaired) electrons. The summed E-state index contributed by atoms with van der Waals surface area (Å²) in [6.07, 6.45) is 5.08. The van der Waals surface area contributed by atoms with Crippen LogP contribution < -0.4 is 11.1 Å². The molecule has 152 valence electrons. The third-order valence-electron chi connectivity index (χ3n) is 5.09. The molecule has 0 spiro atoms. The molecule has 30 heavy (non-hydrogen) atoms. The van der Waals surface area contributed by atoms with Gasteiger partial charge in [-0.25, -0.2) is 0 Å². The molecule has 1 aliphatic rings. The number of anilines is 2. The average molecular weight is 401 g/mol. The van der Waals surface area contributed by atoms with E-state index in [1.807, 2.05) is 41.3 Å². The van der Waals surface area contributed by atoms with Crippen molar-refractivity contribution >= 4 is 29.3 Å². The van der Waals surface area contributed by atoms with Crippen molar-refractivity contribution in [1.29, 1.82) is 0 Å². The molecule has 0 saturated carbocycles. The summed E-state index contributed by atoms with van der Waals surface area (Å²) < 4.78 is 5.33. The largest absolute Gasteiger partial charge is 0.465 e. The second-order valence-electron chi connectivity index (χ2n) is 7.25. The van der Waals surface area contributed by atoms with Gasteiger partial charge in [-0.3, -0.25) is 9.59 Å². The first-order valence-corrected chi connectivity index (χ1v) is 9.88. The molecular formula is C24H23N3O3. The van der Waals surface area contributed by atoms with Crippen LogP contribution >= 0.6 is 0 Å². The number of rotatable bonds is 5. The highest BCUT2D eigenvalue weighted by Gasteiger charge is 2.23. The van der Waals surface area contributed by atoms with Crippen molar-refractivity contribution in [3.63, 3.8) is 0 Å². The molecular weight excluding hydrogens is 378 g/mol. The summed E-state index contributed by atoms with van der Waals surface area (Å²) >= 11 is 0. The van der Waals surface area contributed by atoms with Crippen LogP contribution in [-0.4, -0.2) is 23.3 Å². The Labute approximate surface area is 175 Å². The van der Waals surface area contributed by atoms with Gasteiger partial charge in [0.15, 0.2) is 0 Å². The van der Waals surface area contributed by atoms with E-state index in [0.717, 1.165) is 24.0 Å². The van der Waals surface area contributed by atoms with Gasteiger partial charge in [0.05, 0.1) is 17.6 Å². The molecule has 4 rings (SSSR count). The second-order valence-corrected chi connectivity index (χ2v) is 7.25. The number of benzene rings is 2. The zero-order valence-corrected chi connectivity index (χ0v) is 16.5. The number of carbonyl (C=O) groups excluding carboxylic acids is 2. The maximum absolute atomic E-state index is 12.8. The van der Waals surface area contributed by atoms with Crippen molar-refractivity contribution in [3.05, 3.63) is 89.4 Å².